The van der Waals surface area contributed by atoms with E-state index in [4.69, 9.17) is 9.47 Å². The van der Waals surface area contributed by atoms with Gasteiger partial charge >= 0.3 is 0 Å². The van der Waals surface area contributed by atoms with Gasteiger partial charge in [0, 0.05) is 25.0 Å². The molecular formula is C12H24BrNO2. The minimum absolute atomic E-state index is 0.699. The van der Waals surface area contributed by atoms with Crippen molar-refractivity contribution in [1.29, 1.82) is 0 Å². The molecule has 0 aromatic heterocycles. The molecular weight excluding hydrogens is 270 g/mol. The van der Waals surface area contributed by atoms with Crippen LogP contribution in [0.5, 0.6) is 0 Å². The van der Waals surface area contributed by atoms with Crippen LogP contribution in [0.15, 0.2) is 0 Å². The molecule has 0 unspecified atom stereocenters. The molecule has 0 aromatic rings. The zero-order chi connectivity index (χ0) is 11.6. The Balaban J connectivity index is 2.06. The number of ether oxygens (including phenoxy) is 2. The standard InChI is InChI=1S/C12H24BrNO2/c1-15-10-11-16-9-8-14(7-3-6-13)12-4-2-5-12/h12H,2-11H2,1H3. The minimum Gasteiger partial charge on any atom is -0.382 e. The summed E-state index contributed by atoms with van der Waals surface area (Å²) in [5.41, 5.74) is 0. The fourth-order valence-corrected chi connectivity index (χ4v) is 2.17. The van der Waals surface area contributed by atoms with E-state index < -0.39 is 0 Å². The molecule has 0 bridgehead atoms. The third-order valence-electron chi connectivity index (χ3n) is 3.12. The molecule has 1 saturated carbocycles. The van der Waals surface area contributed by atoms with Crippen molar-refractivity contribution in [1.82, 2.24) is 4.90 Å². The van der Waals surface area contributed by atoms with Crippen molar-refractivity contribution in [2.24, 2.45) is 0 Å². The Bertz CT molecular complexity index is 165. The van der Waals surface area contributed by atoms with Gasteiger partial charge in [0.2, 0.25) is 0 Å². The van der Waals surface area contributed by atoms with Gasteiger partial charge in [0.25, 0.3) is 0 Å². The van der Waals surface area contributed by atoms with E-state index in [0.29, 0.717) is 13.2 Å². The molecule has 4 heteroatoms. The molecule has 0 N–H and O–H groups in total. The summed E-state index contributed by atoms with van der Waals surface area (Å²) in [6, 6.07) is 0.824. The topological polar surface area (TPSA) is 21.7 Å². The number of rotatable bonds is 10. The Morgan fingerprint density at radius 2 is 2.00 bits per heavy atom. The molecule has 16 heavy (non-hydrogen) atoms. The van der Waals surface area contributed by atoms with E-state index in [0.717, 1.165) is 24.5 Å². The Morgan fingerprint density at radius 1 is 1.19 bits per heavy atom. The number of halogens is 1. The monoisotopic (exact) mass is 293 g/mol. The van der Waals surface area contributed by atoms with Crippen LogP contribution in [-0.4, -0.2) is 56.3 Å². The lowest BCUT2D eigenvalue weighted by Gasteiger charge is -2.37. The van der Waals surface area contributed by atoms with Crippen molar-refractivity contribution in [3.63, 3.8) is 0 Å². The number of hydrogen-bond donors (Lipinski definition) is 0. The highest BCUT2D eigenvalue weighted by Crippen LogP contribution is 2.24. The van der Waals surface area contributed by atoms with Gasteiger partial charge in [0.15, 0.2) is 0 Å². The average Bonchev–Trinajstić information content (AvgIpc) is 2.22. The highest BCUT2D eigenvalue weighted by atomic mass is 79.9. The Hall–Kier alpha value is 0.360. The third kappa shape index (κ3) is 5.62. The van der Waals surface area contributed by atoms with E-state index in [1.165, 1.54) is 32.2 Å². The summed E-state index contributed by atoms with van der Waals surface area (Å²) in [5, 5.41) is 1.10. The van der Waals surface area contributed by atoms with E-state index in [1.54, 1.807) is 7.11 Å². The summed E-state index contributed by atoms with van der Waals surface area (Å²) >= 11 is 3.49. The van der Waals surface area contributed by atoms with Gasteiger partial charge in [-0.05, 0) is 25.8 Å². The van der Waals surface area contributed by atoms with Crippen LogP contribution in [0.2, 0.25) is 0 Å². The summed E-state index contributed by atoms with van der Waals surface area (Å²) in [5.74, 6) is 0. The molecule has 0 aromatic carbocycles. The highest BCUT2D eigenvalue weighted by Gasteiger charge is 2.23. The van der Waals surface area contributed by atoms with Gasteiger partial charge in [0.1, 0.15) is 0 Å². The summed E-state index contributed by atoms with van der Waals surface area (Å²) in [6.07, 6.45) is 5.38. The van der Waals surface area contributed by atoms with Crippen molar-refractivity contribution >= 4 is 15.9 Å². The molecule has 1 aliphatic rings. The van der Waals surface area contributed by atoms with Crippen LogP contribution in [0.25, 0.3) is 0 Å². The molecule has 1 aliphatic carbocycles. The molecule has 0 radical (unpaired) electrons. The molecule has 0 saturated heterocycles. The smallest absolute Gasteiger partial charge is 0.0700 e. The second kappa shape index (κ2) is 9.40. The van der Waals surface area contributed by atoms with Crippen molar-refractivity contribution in [2.75, 3.05) is 45.4 Å². The fourth-order valence-electron chi connectivity index (χ4n) is 1.92. The van der Waals surface area contributed by atoms with Gasteiger partial charge in [0.05, 0.1) is 19.8 Å². The van der Waals surface area contributed by atoms with E-state index in [-0.39, 0.29) is 0 Å². The van der Waals surface area contributed by atoms with Crippen molar-refractivity contribution in [2.45, 2.75) is 31.7 Å². The van der Waals surface area contributed by atoms with Crippen LogP contribution >= 0.6 is 15.9 Å². The lowest BCUT2D eigenvalue weighted by molar-refractivity contribution is 0.0388. The summed E-state index contributed by atoms with van der Waals surface area (Å²) < 4.78 is 10.5. The molecule has 3 nitrogen and oxygen atoms in total. The molecule has 0 atom stereocenters. The Morgan fingerprint density at radius 3 is 2.56 bits per heavy atom. The zero-order valence-electron chi connectivity index (χ0n) is 10.3. The van der Waals surface area contributed by atoms with Crippen LogP contribution in [0.4, 0.5) is 0 Å². The molecule has 1 rings (SSSR count). The van der Waals surface area contributed by atoms with E-state index in [9.17, 15) is 0 Å². The lowest BCUT2D eigenvalue weighted by Crippen LogP contribution is -2.42. The van der Waals surface area contributed by atoms with Crippen molar-refractivity contribution in [3.8, 4) is 0 Å². The predicted molar refractivity (Wildman–Crippen MR) is 70.3 cm³/mol. The van der Waals surface area contributed by atoms with Crippen LogP contribution < -0.4 is 0 Å². The quantitative estimate of drug-likeness (QED) is 0.456. The van der Waals surface area contributed by atoms with Gasteiger partial charge in [-0.2, -0.15) is 0 Å². The largest absolute Gasteiger partial charge is 0.382 e. The Kier molecular flexibility index (Phi) is 8.47. The first-order chi connectivity index (χ1) is 7.88. The maximum absolute atomic E-state index is 5.52. The third-order valence-corrected chi connectivity index (χ3v) is 3.69. The minimum atomic E-state index is 0.699. The van der Waals surface area contributed by atoms with Gasteiger partial charge in [-0.3, -0.25) is 4.90 Å². The van der Waals surface area contributed by atoms with Gasteiger partial charge < -0.3 is 9.47 Å². The second-order valence-corrected chi connectivity index (χ2v) is 5.06. The SMILES string of the molecule is COCCOCCN(CCCBr)C1CCC1. The predicted octanol–water partition coefficient (Wildman–Crippen LogP) is 2.29. The number of alkyl halides is 1. The first-order valence-corrected chi connectivity index (χ1v) is 7.37. The van der Waals surface area contributed by atoms with Gasteiger partial charge in [-0.25, -0.2) is 0 Å². The van der Waals surface area contributed by atoms with Crippen LogP contribution in [0, 0.1) is 0 Å². The number of nitrogens with zero attached hydrogens (tertiary/aromatic N) is 1. The van der Waals surface area contributed by atoms with E-state index in [2.05, 4.69) is 20.8 Å². The molecule has 0 amide bonds. The fraction of sp³-hybridized carbons (Fsp3) is 1.00. The van der Waals surface area contributed by atoms with Crippen LogP contribution in [0.1, 0.15) is 25.7 Å². The number of methoxy groups -OCH3 is 1. The second-order valence-electron chi connectivity index (χ2n) is 4.27. The highest BCUT2D eigenvalue weighted by molar-refractivity contribution is 9.09. The number of hydrogen-bond acceptors (Lipinski definition) is 3. The summed E-state index contributed by atoms with van der Waals surface area (Å²) in [7, 11) is 1.71. The summed E-state index contributed by atoms with van der Waals surface area (Å²) in [6.45, 7) is 4.52. The maximum atomic E-state index is 5.52. The first kappa shape index (κ1) is 14.4. The molecule has 0 spiro atoms. The molecule has 1 fully saturated rings. The first-order valence-electron chi connectivity index (χ1n) is 6.25. The van der Waals surface area contributed by atoms with Crippen molar-refractivity contribution in [3.05, 3.63) is 0 Å². The molecule has 0 aliphatic heterocycles. The van der Waals surface area contributed by atoms with Crippen molar-refractivity contribution < 1.29 is 9.47 Å². The molecule has 96 valence electrons. The van der Waals surface area contributed by atoms with Gasteiger partial charge in [-0.15, -0.1) is 0 Å². The molecule has 0 heterocycles. The summed E-state index contributed by atoms with van der Waals surface area (Å²) in [4.78, 5) is 2.58. The average molecular weight is 294 g/mol. The maximum Gasteiger partial charge on any atom is 0.0700 e. The zero-order valence-corrected chi connectivity index (χ0v) is 11.9. The van der Waals surface area contributed by atoms with Gasteiger partial charge in [-0.1, -0.05) is 22.4 Å². The van der Waals surface area contributed by atoms with Crippen LogP contribution in [-0.2, 0) is 9.47 Å². The normalized spacial score (nSPS) is 16.7. The van der Waals surface area contributed by atoms with E-state index in [1.807, 2.05) is 0 Å². The van der Waals surface area contributed by atoms with E-state index >= 15 is 0 Å². The Labute approximate surface area is 108 Å². The van der Waals surface area contributed by atoms with Crippen LogP contribution in [0.3, 0.4) is 0 Å². The lowest BCUT2D eigenvalue weighted by atomic mass is 9.91.